The molecule has 2 aliphatic heterocycles. The number of nitrogens with zero attached hydrogens (tertiary/aromatic N) is 2. The van der Waals surface area contributed by atoms with Crippen LogP contribution in [-0.4, -0.2) is 45.3 Å². The van der Waals surface area contributed by atoms with Crippen molar-refractivity contribution in [3.63, 3.8) is 0 Å². The molecule has 0 spiro atoms. The minimum absolute atomic E-state index is 0.278. The molecule has 1 fully saturated rings. The highest BCUT2D eigenvalue weighted by atomic mass is 32.2. The standard InChI is InChI=1S/C35H30N2O6S2/c1-22(38)37(28-19-12-20-44-28)29-33(40)36-21-27(31(42-23(2)39)26-17-10-5-11-18-26)32(45-34(29)36)35(41)43-30(24-13-6-3-7-14-24)25-15-8-4-9-16-25/h3-21,29-32,34H,1-2H3/t29?,31?,32?,34-/m1/s1. The Kier molecular flexibility index (Phi) is 8.86. The quantitative estimate of drug-likeness (QED) is 0.158. The lowest BCUT2D eigenvalue weighted by atomic mass is 9.96. The molecule has 3 heterocycles. The number of carbonyl (C=O) groups excluding carboxylic acids is 4. The van der Waals surface area contributed by atoms with Crippen molar-refractivity contribution in [2.24, 2.45) is 0 Å². The number of carbonyl (C=O) groups is 4. The molecule has 8 nitrogen and oxygen atoms in total. The minimum atomic E-state index is -0.960. The van der Waals surface area contributed by atoms with Crippen molar-refractivity contribution in [2.45, 2.75) is 42.7 Å². The number of esters is 2. The lowest BCUT2D eigenvalue weighted by Crippen LogP contribution is -2.70. The summed E-state index contributed by atoms with van der Waals surface area (Å²) in [7, 11) is 0. The van der Waals surface area contributed by atoms with E-state index in [0.29, 0.717) is 16.1 Å². The first-order valence-electron chi connectivity index (χ1n) is 14.4. The summed E-state index contributed by atoms with van der Waals surface area (Å²) in [6, 6.07) is 30.8. The Morgan fingerprint density at radius 3 is 1.80 bits per heavy atom. The van der Waals surface area contributed by atoms with E-state index in [1.54, 1.807) is 24.4 Å². The van der Waals surface area contributed by atoms with E-state index < -0.39 is 40.8 Å². The van der Waals surface area contributed by atoms with Crippen LogP contribution in [0.3, 0.4) is 0 Å². The summed E-state index contributed by atoms with van der Waals surface area (Å²) in [4.78, 5) is 56.2. The van der Waals surface area contributed by atoms with E-state index in [-0.39, 0.29) is 11.8 Å². The van der Waals surface area contributed by atoms with Gasteiger partial charge in [-0.2, -0.15) is 0 Å². The first kappa shape index (κ1) is 30.4. The molecule has 228 valence electrons. The summed E-state index contributed by atoms with van der Waals surface area (Å²) in [5.74, 6) is -1.66. The molecule has 1 saturated heterocycles. The zero-order chi connectivity index (χ0) is 31.5. The van der Waals surface area contributed by atoms with Crippen LogP contribution in [0, 0.1) is 0 Å². The van der Waals surface area contributed by atoms with E-state index in [4.69, 9.17) is 9.47 Å². The van der Waals surface area contributed by atoms with E-state index in [2.05, 4.69) is 0 Å². The van der Waals surface area contributed by atoms with Gasteiger partial charge < -0.3 is 14.4 Å². The van der Waals surface area contributed by atoms with Crippen LogP contribution in [0.4, 0.5) is 5.00 Å². The van der Waals surface area contributed by atoms with Crippen LogP contribution in [-0.2, 0) is 28.7 Å². The molecular weight excluding hydrogens is 609 g/mol. The Hall–Kier alpha value is -4.67. The average Bonchev–Trinajstić information content (AvgIpc) is 3.59. The van der Waals surface area contributed by atoms with Crippen molar-refractivity contribution in [1.82, 2.24) is 4.90 Å². The van der Waals surface area contributed by atoms with E-state index in [0.717, 1.165) is 11.1 Å². The van der Waals surface area contributed by atoms with Gasteiger partial charge in [0, 0.05) is 25.6 Å². The topological polar surface area (TPSA) is 93.2 Å². The second-order valence-electron chi connectivity index (χ2n) is 10.6. The van der Waals surface area contributed by atoms with Crippen LogP contribution in [0.5, 0.6) is 0 Å². The molecule has 0 bridgehead atoms. The number of hydrogen-bond acceptors (Lipinski definition) is 8. The molecule has 3 unspecified atom stereocenters. The normalized spacial score (nSPS) is 19.5. The first-order chi connectivity index (χ1) is 21.8. The smallest absolute Gasteiger partial charge is 0.324 e. The summed E-state index contributed by atoms with van der Waals surface area (Å²) in [6.07, 6.45) is -0.0590. The first-order valence-corrected chi connectivity index (χ1v) is 16.2. The van der Waals surface area contributed by atoms with E-state index in [1.807, 2.05) is 90.3 Å². The highest BCUT2D eigenvalue weighted by molar-refractivity contribution is 8.01. The zero-order valence-corrected chi connectivity index (χ0v) is 26.1. The highest BCUT2D eigenvalue weighted by Crippen LogP contribution is 2.48. The Morgan fingerprint density at radius 1 is 0.756 bits per heavy atom. The number of thiophene rings is 1. The van der Waals surface area contributed by atoms with Gasteiger partial charge in [0.15, 0.2) is 12.2 Å². The number of thioether (sulfide) groups is 1. The molecule has 2 amide bonds. The Labute approximate surface area is 269 Å². The van der Waals surface area contributed by atoms with Gasteiger partial charge in [-0.25, -0.2) is 0 Å². The van der Waals surface area contributed by atoms with Crippen molar-refractivity contribution < 1.29 is 28.7 Å². The van der Waals surface area contributed by atoms with Crippen LogP contribution in [0.25, 0.3) is 0 Å². The summed E-state index contributed by atoms with van der Waals surface area (Å²) >= 11 is 2.58. The van der Waals surface area contributed by atoms with Crippen LogP contribution < -0.4 is 4.90 Å². The largest absolute Gasteiger partial charge is 0.453 e. The monoisotopic (exact) mass is 638 g/mol. The Balaban J connectivity index is 1.41. The second kappa shape index (κ2) is 13.1. The number of rotatable bonds is 9. The molecule has 0 N–H and O–H groups in total. The molecular formula is C35H30N2O6S2. The van der Waals surface area contributed by atoms with Crippen LogP contribution in [0.15, 0.2) is 120 Å². The predicted molar refractivity (Wildman–Crippen MR) is 173 cm³/mol. The van der Waals surface area contributed by atoms with Gasteiger partial charge in [0.25, 0.3) is 5.91 Å². The maximum absolute atomic E-state index is 14.4. The number of anilines is 1. The minimum Gasteiger partial charge on any atom is -0.453 e. The van der Waals surface area contributed by atoms with Crippen LogP contribution in [0.2, 0.25) is 0 Å². The van der Waals surface area contributed by atoms with Gasteiger partial charge in [0.05, 0.1) is 5.00 Å². The van der Waals surface area contributed by atoms with Crippen LogP contribution in [0.1, 0.15) is 42.7 Å². The molecule has 0 radical (unpaired) electrons. The maximum atomic E-state index is 14.4. The molecule has 0 aliphatic carbocycles. The van der Waals surface area contributed by atoms with Crippen LogP contribution >= 0.6 is 23.1 Å². The summed E-state index contributed by atoms with van der Waals surface area (Å²) in [6.45, 7) is 2.73. The van der Waals surface area contributed by atoms with Gasteiger partial charge in [0.2, 0.25) is 5.91 Å². The van der Waals surface area contributed by atoms with Gasteiger partial charge >= 0.3 is 11.9 Å². The van der Waals surface area contributed by atoms with Crippen molar-refractivity contribution in [1.29, 1.82) is 0 Å². The van der Waals surface area contributed by atoms with Gasteiger partial charge in [-0.3, -0.25) is 24.1 Å². The molecule has 2 aliphatic rings. The fourth-order valence-corrected chi connectivity index (χ4v) is 7.89. The Morgan fingerprint density at radius 2 is 1.31 bits per heavy atom. The third-order valence-electron chi connectivity index (χ3n) is 7.62. The van der Waals surface area contributed by atoms with Crippen molar-refractivity contribution in [3.8, 4) is 0 Å². The number of hydrogen-bond donors (Lipinski definition) is 0. The number of amides is 2. The third-order valence-corrected chi connectivity index (χ3v) is 9.99. The fraction of sp³-hybridized carbons (Fsp3) is 0.200. The number of ether oxygens (including phenoxy) is 2. The van der Waals surface area contributed by atoms with Gasteiger partial charge in [-0.1, -0.05) is 91.0 Å². The van der Waals surface area contributed by atoms with Gasteiger partial charge in [0.1, 0.15) is 16.7 Å². The third kappa shape index (κ3) is 6.16. The van der Waals surface area contributed by atoms with Crippen molar-refractivity contribution in [2.75, 3.05) is 4.90 Å². The fourth-order valence-electron chi connectivity index (χ4n) is 5.61. The van der Waals surface area contributed by atoms with E-state index in [1.165, 1.54) is 46.7 Å². The number of β-lactam (4-membered cyclic amide) rings is 1. The molecule has 6 rings (SSSR count). The van der Waals surface area contributed by atoms with E-state index in [9.17, 15) is 19.2 Å². The zero-order valence-electron chi connectivity index (χ0n) is 24.5. The predicted octanol–water partition coefficient (Wildman–Crippen LogP) is 6.27. The molecule has 0 saturated carbocycles. The SMILES string of the molecule is CC(=O)OC(C1=CN2C(=O)C(N(C(C)=O)c3cccs3)[C@H]2SC1C(=O)OC(c1ccccc1)c1ccccc1)c1ccccc1. The lowest BCUT2D eigenvalue weighted by molar-refractivity contribution is -0.150. The van der Waals surface area contributed by atoms with Gasteiger partial charge in [-0.15, -0.1) is 23.1 Å². The lowest BCUT2D eigenvalue weighted by Gasteiger charge is -2.52. The highest BCUT2D eigenvalue weighted by Gasteiger charge is 2.57. The van der Waals surface area contributed by atoms with Crippen molar-refractivity contribution in [3.05, 3.63) is 137 Å². The van der Waals surface area contributed by atoms with Crippen molar-refractivity contribution >= 4 is 51.9 Å². The summed E-state index contributed by atoms with van der Waals surface area (Å²) < 4.78 is 12.1. The molecule has 4 atom stereocenters. The van der Waals surface area contributed by atoms with E-state index >= 15 is 0 Å². The molecule has 10 heteroatoms. The average molecular weight is 639 g/mol. The summed E-state index contributed by atoms with van der Waals surface area (Å²) in [5, 5.41) is 0.962. The number of fused-ring (bicyclic) bond motifs is 1. The second-order valence-corrected chi connectivity index (χ2v) is 12.8. The summed E-state index contributed by atoms with van der Waals surface area (Å²) in [5.41, 5.74) is 2.63. The molecule has 1 aromatic heterocycles. The molecule has 45 heavy (non-hydrogen) atoms. The maximum Gasteiger partial charge on any atom is 0.324 e. The molecule has 4 aromatic rings. The Bertz CT molecular complexity index is 1670. The number of benzene rings is 3. The molecule has 3 aromatic carbocycles. The van der Waals surface area contributed by atoms with Gasteiger partial charge in [-0.05, 0) is 34.2 Å².